The molecule has 0 amide bonds. The van der Waals surface area contributed by atoms with Crippen LogP contribution in [0, 0.1) is 12.8 Å². The number of rotatable bonds is 4. The average molecular weight is 312 g/mol. The SMILES string of the molecule is Cc1ccc(S(=O)(=O)CC2CCC(O)CC2)cc1B(O)O. The van der Waals surface area contributed by atoms with Gasteiger partial charge in [0.1, 0.15) is 0 Å². The van der Waals surface area contributed by atoms with E-state index >= 15 is 0 Å². The summed E-state index contributed by atoms with van der Waals surface area (Å²) in [7, 11) is -5.13. The van der Waals surface area contributed by atoms with E-state index in [2.05, 4.69) is 0 Å². The number of hydrogen-bond donors (Lipinski definition) is 3. The molecular formula is C14H21BO5S. The van der Waals surface area contributed by atoms with Crippen molar-refractivity contribution in [2.75, 3.05) is 5.75 Å². The highest BCUT2D eigenvalue weighted by Gasteiger charge is 2.27. The molecule has 0 atom stereocenters. The van der Waals surface area contributed by atoms with E-state index in [-0.39, 0.29) is 28.1 Å². The van der Waals surface area contributed by atoms with E-state index < -0.39 is 17.0 Å². The maximum absolute atomic E-state index is 12.4. The maximum atomic E-state index is 12.4. The molecular weight excluding hydrogens is 291 g/mol. The van der Waals surface area contributed by atoms with Gasteiger partial charge in [-0.05, 0) is 56.1 Å². The topological polar surface area (TPSA) is 94.8 Å². The Balaban J connectivity index is 2.18. The third kappa shape index (κ3) is 4.06. The summed E-state index contributed by atoms with van der Waals surface area (Å²) in [5.41, 5.74) is 0.861. The number of benzene rings is 1. The first-order valence-corrected chi connectivity index (χ1v) is 8.82. The highest BCUT2D eigenvalue weighted by Crippen LogP contribution is 2.27. The van der Waals surface area contributed by atoms with Crippen LogP contribution < -0.4 is 5.46 Å². The zero-order chi connectivity index (χ0) is 15.6. The van der Waals surface area contributed by atoms with Crippen LogP contribution >= 0.6 is 0 Å². The van der Waals surface area contributed by atoms with Crippen molar-refractivity contribution in [2.24, 2.45) is 5.92 Å². The standard InChI is InChI=1S/C14H21BO5S/c1-10-2-7-13(8-14(10)15(17)18)21(19,20)9-11-3-5-12(16)6-4-11/h2,7-8,11-12,16-18H,3-6,9H2,1H3. The minimum atomic E-state index is -3.45. The smallest absolute Gasteiger partial charge is 0.423 e. The zero-order valence-electron chi connectivity index (χ0n) is 12.1. The molecule has 1 aromatic rings. The van der Waals surface area contributed by atoms with Crippen molar-refractivity contribution < 1.29 is 23.6 Å². The van der Waals surface area contributed by atoms with E-state index in [1.165, 1.54) is 12.1 Å². The molecule has 1 aromatic carbocycles. The second kappa shape index (κ2) is 6.48. The first-order valence-electron chi connectivity index (χ1n) is 7.17. The number of hydrogen-bond acceptors (Lipinski definition) is 5. The molecule has 2 rings (SSSR count). The number of aliphatic hydroxyl groups excluding tert-OH is 1. The van der Waals surface area contributed by atoms with Gasteiger partial charge in [-0.1, -0.05) is 11.6 Å². The molecule has 1 fully saturated rings. The van der Waals surface area contributed by atoms with Gasteiger partial charge in [0.2, 0.25) is 0 Å². The van der Waals surface area contributed by atoms with Crippen molar-refractivity contribution in [2.45, 2.75) is 43.6 Å². The van der Waals surface area contributed by atoms with E-state index in [4.69, 9.17) is 0 Å². The second-order valence-electron chi connectivity index (χ2n) is 5.85. The molecule has 5 nitrogen and oxygen atoms in total. The van der Waals surface area contributed by atoms with Gasteiger partial charge in [0.05, 0.1) is 16.8 Å². The normalized spacial score (nSPS) is 23.0. The first kappa shape index (κ1) is 16.5. The van der Waals surface area contributed by atoms with E-state index in [1.54, 1.807) is 13.0 Å². The van der Waals surface area contributed by atoms with Gasteiger partial charge in [-0.25, -0.2) is 8.42 Å². The number of sulfone groups is 1. The minimum absolute atomic E-state index is 0.0454. The quantitative estimate of drug-likeness (QED) is 0.680. The average Bonchev–Trinajstić information content (AvgIpc) is 2.41. The molecule has 0 saturated heterocycles. The van der Waals surface area contributed by atoms with Crippen LogP contribution in [0.1, 0.15) is 31.2 Å². The predicted octanol–water partition coefficient (Wildman–Crippen LogP) is -0.000380. The predicted molar refractivity (Wildman–Crippen MR) is 81.0 cm³/mol. The summed E-state index contributed by atoms with van der Waals surface area (Å²) in [4.78, 5) is 0.127. The summed E-state index contributed by atoms with van der Waals surface area (Å²) >= 11 is 0. The molecule has 1 aliphatic rings. The van der Waals surface area contributed by atoms with Crippen LogP contribution in [0.5, 0.6) is 0 Å². The Labute approximate surface area is 125 Å². The first-order chi connectivity index (χ1) is 9.79. The van der Waals surface area contributed by atoms with Crippen LogP contribution in [0.3, 0.4) is 0 Å². The fourth-order valence-corrected chi connectivity index (χ4v) is 4.54. The molecule has 0 radical (unpaired) electrons. The molecule has 0 unspecified atom stereocenters. The third-order valence-corrected chi connectivity index (χ3v) is 6.04. The minimum Gasteiger partial charge on any atom is -0.423 e. The summed E-state index contributed by atoms with van der Waals surface area (Å²) < 4.78 is 24.9. The van der Waals surface area contributed by atoms with Crippen molar-refractivity contribution in [1.29, 1.82) is 0 Å². The fourth-order valence-electron chi connectivity index (χ4n) is 2.81. The van der Waals surface area contributed by atoms with Gasteiger partial charge < -0.3 is 15.2 Å². The molecule has 21 heavy (non-hydrogen) atoms. The lowest BCUT2D eigenvalue weighted by Crippen LogP contribution is -2.33. The molecule has 0 bridgehead atoms. The monoisotopic (exact) mass is 312 g/mol. The van der Waals surface area contributed by atoms with Gasteiger partial charge in [0.15, 0.2) is 9.84 Å². The van der Waals surface area contributed by atoms with Gasteiger partial charge >= 0.3 is 7.12 Å². The molecule has 1 saturated carbocycles. The molecule has 1 aliphatic carbocycles. The second-order valence-corrected chi connectivity index (χ2v) is 7.88. The Morgan fingerprint density at radius 1 is 1.19 bits per heavy atom. The molecule has 0 spiro atoms. The highest BCUT2D eigenvalue weighted by molar-refractivity contribution is 7.91. The summed E-state index contributed by atoms with van der Waals surface area (Å²) in [5.74, 6) is 0.103. The van der Waals surface area contributed by atoms with E-state index in [9.17, 15) is 23.6 Å². The van der Waals surface area contributed by atoms with Gasteiger partial charge in [0.25, 0.3) is 0 Å². The van der Waals surface area contributed by atoms with E-state index in [1.807, 2.05) is 0 Å². The van der Waals surface area contributed by atoms with E-state index in [0.29, 0.717) is 31.2 Å². The Morgan fingerprint density at radius 2 is 1.81 bits per heavy atom. The lowest BCUT2D eigenvalue weighted by Gasteiger charge is -2.25. The van der Waals surface area contributed by atoms with Crippen molar-refractivity contribution in [3.8, 4) is 0 Å². The summed E-state index contributed by atoms with van der Waals surface area (Å²) in [5, 5.41) is 28.0. The Morgan fingerprint density at radius 3 is 2.38 bits per heavy atom. The summed E-state index contributed by atoms with van der Waals surface area (Å²) in [6.45, 7) is 1.70. The van der Waals surface area contributed by atoms with Gasteiger partial charge in [0, 0.05) is 0 Å². The van der Waals surface area contributed by atoms with Gasteiger partial charge in [-0.15, -0.1) is 0 Å². The number of aliphatic hydroxyl groups is 1. The number of aryl methyl sites for hydroxylation is 1. The molecule has 0 aromatic heterocycles. The summed E-state index contributed by atoms with van der Waals surface area (Å²) in [6.07, 6.45) is 2.41. The third-order valence-electron chi connectivity index (χ3n) is 4.16. The van der Waals surface area contributed by atoms with Crippen molar-refractivity contribution >= 4 is 22.4 Å². The van der Waals surface area contributed by atoms with Crippen LogP contribution in [-0.4, -0.2) is 42.5 Å². The van der Waals surface area contributed by atoms with Crippen molar-refractivity contribution in [3.05, 3.63) is 23.8 Å². The molecule has 116 valence electrons. The lowest BCUT2D eigenvalue weighted by molar-refractivity contribution is 0.113. The van der Waals surface area contributed by atoms with Crippen LogP contribution in [-0.2, 0) is 9.84 Å². The molecule has 3 N–H and O–H groups in total. The highest BCUT2D eigenvalue weighted by atomic mass is 32.2. The molecule has 0 aliphatic heterocycles. The van der Waals surface area contributed by atoms with Crippen LogP contribution in [0.2, 0.25) is 0 Å². The lowest BCUT2D eigenvalue weighted by atomic mass is 9.77. The van der Waals surface area contributed by atoms with Crippen LogP contribution in [0.25, 0.3) is 0 Å². The van der Waals surface area contributed by atoms with Crippen LogP contribution in [0.4, 0.5) is 0 Å². The molecule has 7 heteroatoms. The van der Waals surface area contributed by atoms with Crippen molar-refractivity contribution in [1.82, 2.24) is 0 Å². The summed E-state index contributed by atoms with van der Waals surface area (Å²) in [6, 6.07) is 4.44. The zero-order valence-corrected chi connectivity index (χ0v) is 12.9. The maximum Gasteiger partial charge on any atom is 0.488 e. The Kier molecular flexibility index (Phi) is 5.09. The van der Waals surface area contributed by atoms with Gasteiger partial charge in [-0.2, -0.15) is 0 Å². The Hall–Kier alpha value is -0.885. The molecule has 0 heterocycles. The van der Waals surface area contributed by atoms with Crippen LogP contribution in [0.15, 0.2) is 23.1 Å². The van der Waals surface area contributed by atoms with Crippen molar-refractivity contribution in [3.63, 3.8) is 0 Å². The fraction of sp³-hybridized carbons (Fsp3) is 0.571. The van der Waals surface area contributed by atoms with Gasteiger partial charge in [-0.3, -0.25) is 0 Å². The largest absolute Gasteiger partial charge is 0.488 e. The van der Waals surface area contributed by atoms with E-state index in [0.717, 1.165) is 0 Å². The Bertz CT molecular complexity index is 591.